The van der Waals surface area contributed by atoms with E-state index in [4.69, 9.17) is 16.3 Å². The number of halogens is 3. The summed E-state index contributed by atoms with van der Waals surface area (Å²) in [6, 6.07) is 6.46. The number of hydrogen-bond acceptors (Lipinski definition) is 5. The summed E-state index contributed by atoms with van der Waals surface area (Å²) in [4.78, 5) is 11.4. The van der Waals surface area contributed by atoms with E-state index in [9.17, 15) is 23.8 Å². The molecule has 0 saturated heterocycles. The van der Waals surface area contributed by atoms with Gasteiger partial charge >= 0.3 is 5.97 Å². The topological polar surface area (TPSA) is 96.6 Å². The predicted molar refractivity (Wildman–Crippen MR) is 117 cm³/mol. The maximum atomic E-state index is 13.8. The minimum Gasteiger partial charge on any atom is -0.478 e. The number of carbonyl (C=O) groups is 1. The van der Waals surface area contributed by atoms with Gasteiger partial charge in [-0.25, -0.2) is 18.3 Å². The molecule has 1 heterocycles. The average molecular weight is 480 g/mol. The highest BCUT2D eigenvalue weighted by atomic mass is 35.5. The molecule has 10 heteroatoms. The van der Waals surface area contributed by atoms with Crippen molar-refractivity contribution in [2.75, 3.05) is 0 Å². The maximum Gasteiger partial charge on any atom is 0.331 e. The first-order valence-corrected chi connectivity index (χ1v) is 10.9. The lowest BCUT2D eigenvalue weighted by atomic mass is 9.84. The van der Waals surface area contributed by atoms with E-state index in [1.807, 2.05) is 6.92 Å². The van der Waals surface area contributed by atoms with Crippen molar-refractivity contribution < 1.29 is 28.5 Å². The molecule has 1 fully saturated rings. The summed E-state index contributed by atoms with van der Waals surface area (Å²) < 4.78 is 34.5. The van der Waals surface area contributed by atoms with Crippen molar-refractivity contribution in [2.45, 2.75) is 44.4 Å². The summed E-state index contributed by atoms with van der Waals surface area (Å²) >= 11 is 6.00. The molecular formula is C23H24ClF2N3O4. The van der Waals surface area contributed by atoms with Gasteiger partial charge in [-0.3, -0.25) is 5.32 Å². The van der Waals surface area contributed by atoms with E-state index in [-0.39, 0.29) is 17.4 Å². The normalized spacial score (nSPS) is 20.3. The van der Waals surface area contributed by atoms with Gasteiger partial charge in [-0.1, -0.05) is 36.7 Å². The molecule has 2 aliphatic carbocycles. The zero-order chi connectivity index (χ0) is 23.9. The summed E-state index contributed by atoms with van der Waals surface area (Å²) in [5, 5.41) is 27.7. The monoisotopic (exact) mass is 479 g/mol. The van der Waals surface area contributed by atoms with Crippen LogP contribution in [-0.2, 0) is 11.8 Å². The van der Waals surface area contributed by atoms with Gasteiger partial charge in [-0.2, -0.15) is 5.10 Å². The summed E-state index contributed by atoms with van der Waals surface area (Å²) in [5.41, 5.74) is -0.0794. The maximum absolute atomic E-state index is 13.8. The lowest BCUT2D eigenvalue weighted by Crippen LogP contribution is -2.38. The number of aliphatic hydroxyl groups is 1. The van der Waals surface area contributed by atoms with Crippen molar-refractivity contribution in [3.05, 3.63) is 63.8 Å². The van der Waals surface area contributed by atoms with Crippen LogP contribution in [0.1, 0.15) is 50.1 Å². The van der Waals surface area contributed by atoms with Crippen LogP contribution in [0.4, 0.5) is 8.78 Å². The van der Waals surface area contributed by atoms with Crippen LogP contribution in [-0.4, -0.2) is 31.5 Å². The molecular weight excluding hydrogens is 456 g/mol. The Kier molecular flexibility index (Phi) is 6.30. The molecule has 33 heavy (non-hydrogen) atoms. The third-order valence-corrected chi connectivity index (χ3v) is 6.33. The summed E-state index contributed by atoms with van der Waals surface area (Å²) in [6.07, 6.45) is 0.781. The Labute approximate surface area is 194 Å². The molecule has 7 nitrogen and oxygen atoms in total. The van der Waals surface area contributed by atoms with Gasteiger partial charge in [-0.15, -0.1) is 0 Å². The molecule has 0 aliphatic heterocycles. The van der Waals surface area contributed by atoms with Crippen molar-refractivity contribution in [1.82, 2.24) is 15.1 Å². The summed E-state index contributed by atoms with van der Waals surface area (Å²) in [6.45, 7) is 1.83. The molecule has 0 bridgehead atoms. The highest BCUT2D eigenvalue weighted by molar-refractivity contribution is 6.30. The van der Waals surface area contributed by atoms with Gasteiger partial charge in [0.25, 0.3) is 6.43 Å². The molecule has 1 saturated carbocycles. The third-order valence-electron chi connectivity index (χ3n) is 6.09. The second kappa shape index (κ2) is 8.89. The van der Waals surface area contributed by atoms with Crippen LogP contribution < -0.4 is 10.1 Å². The largest absolute Gasteiger partial charge is 0.478 e. The first kappa shape index (κ1) is 23.4. The summed E-state index contributed by atoms with van der Waals surface area (Å²) in [5.74, 6) is -0.871. The van der Waals surface area contributed by atoms with Gasteiger partial charge in [0.15, 0.2) is 0 Å². The van der Waals surface area contributed by atoms with Gasteiger partial charge < -0.3 is 14.9 Å². The number of aromatic nitrogens is 2. The molecule has 2 aliphatic rings. The SMILES string of the molecule is CC1CC(C2(NC(O)c3c(C(F)F)nn(C)c3Oc3cccc(Cl)c3)CC2)=CC=C1C(=O)O. The Balaban J connectivity index is 1.64. The Hall–Kier alpha value is -2.75. The first-order valence-electron chi connectivity index (χ1n) is 10.5. The van der Waals surface area contributed by atoms with Crippen LogP contribution in [0.15, 0.2) is 47.6 Å². The van der Waals surface area contributed by atoms with Gasteiger partial charge in [0, 0.05) is 23.2 Å². The number of carboxylic acid groups (broad SMARTS) is 1. The van der Waals surface area contributed by atoms with Gasteiger partial charge in [-0.05, 0) is 49.0 Å². The predicted octanol–water partition coefficient (Wildman–Crippen LogP) is 4.89. The molecule has 1 aromatic carbocycles. The van der Waals surface area contributed by atoms with E-state index in [1.165, 1.54) is 13.1 Å². The molecule has 4 rings (SSSR count). The number of allylic oxidation sites excluding steroid dienone is 2. The molecule has 2 unspecified atom stereocenters. The molecule has 2 atom stereocenters. The number of alkyl halides is 2. The highest BCUT2D eigenvalue weighted by Crippen LogP contribution is 2.49. The number of aliphatic carboxylic acids is 1. The molecule has 0 amide bonds. The minimum absolute atomic E-state index is 0.0255. The van der Waals surface area contributed by atoms with Crippen molar-refractivity contribution >= 4 is 17.6 Å². The highest BCUT2D eigenvalue weighted by Gasteiger charge is 2.49. The van der Waals surface area contributed by atoms with E-state index in [0.29, 0.717) is 35.6 Å². The Morgan fingerprint density at radius 3 is 2.67 bits per heavy atom. The molecule has 176 valence electrons. The van der Waals surface area contributed by atoms with E-state index < -0.39 is 29.9 Å². The van der Waals surface area contributed by atoms with Crippen molar-refractivity contribution in [3.8, 4) is 11.6 Å². The van der Waals surface area contributed by atoms with Gasteiger partial charge in [0.1, 0.15) is 17.7 Å². The number of hydrogen-bond donors (Lipinski definition) is 3. The smallest absolute Gasteiger partial charge is 0.331 e. The quantitative estimate of drug-likeness (QED) is 0.466. The van der Waals surface area contributed by atoms with Crippen LogP contribution in [0.25, 0.3) is 0 Å². The molecule has 2 aromatic rings. The second-order valence-electron chi connectivity index (χ2n) is 8.44. The second-order valence-corrected chi connectivity index (χ2v) is 8.88. The number of aryl methyl sites for hydroxylation is 1. The average Bonchev–Trinajstić information content (AvgIpc) is 3.44. The number of rotatable bonds is 8. The number of aliphatic hydroxyl groups excluding tert-OH is 1. The Morgan fingerprint density at radius 2 is 2.09 bits per heavy atom. The van der Waals surface area contributed by atoms with Crippen LogP contribution in [0.5, 0.6) is 11.6 Å². The zero-order valence-corrected chi connectivity index (χ0v) is 18.8. The van der Waals surface area contributed by atoms with Crippen LogP contribution in [0.2, 0.25) is 5.02 Å². The zero-order valence-electron chi connectivity index (χ0n) is 18.1. The number of carboxylic acids is 1. The standard InChI is InChI=1S/C23H24ClF2N3O4/c1-12-10-13(6-7-16(12)22(31)32)23(8-9-23)27-20(30)17-18(19(25)26)28-29(2)21(17)33-15-5-3-4-14(24)11-15/h3-7,11-12,19-20,27,30H,8-10H2,1-2H3,(H,31,32). The van der Waals surface area contributed by atoms with Crippen molar-refractivity contribution in [1.29, 1.82) is 0 Å². The Morgan fingerprint density at radius 1 is 1.36 bits per heavy atom. The number of nitrogens with one attached hydrogen (secondary N) is 1. The third kappa shape index (κ3) is 4.66. The number of nitrogens with zero attached hydrogens (tertiary/aromatic N) is 2. The number of ether oxygens (including phenoxy) is 1. The van der Waals surface area contributed by atoms with Crippen molar-refractivity contribution in [3.63, 3.8) is 0 Å². The number of benzene rings is 1. The lowest BCUT2D eigenvalue weighted by molar-refractivity contribution is -0.133. The first-order chi connectivity index (χ1) is 15.6. The van der Waals surface area contributed by atoms with Crippen LogP contribution in [0, 0.1) is 5.92 Å². The molecule has 0 radical (unpaired) electrons. The van der Waals surface area contributed by atoms with E-state index >= 15 is 0 Å². The van der Waals surface area contributed by atoms with Crippen LogP contribution in [0.3, 0.4) is 0 Å². The van der Waals surface area contributed by atoms with Gasteiger partial charge in [0.05, 0.1) is 5.56 Å². The molecule has 3 N–H and O–H groups in total. The fourth-order valence-electron chi connectivity index (χ4n) is 4.24. The van der Waals surface area contributed by atoms with Crippen LogP contribution >= 0.6 is 11.6 Å². The lowest BCUT2D eigenvalue weighted by Gasteiger charge is -2.29. The minimum atomic E-state index is -2.93. The molecule has 0 spiro atoms. The van der Waals surface area contributed by atoms with E-state index in [0.717, 1.165) is 10.3 Å². The van der Waals surface area contributed by atoms with E-state index in [2.05, 4.69) is 10.4 Å². The van der Waals surface area contributed by atoms with Gasteiger partial charge in [0.2, 0.25) is 5.88 Å². The summed E-state index contributed by atoms with van der Waals surface area (Å²) in [7, 11) is 1.46. The van der Waals surface area contributed by atoms with Crippen molar-refractivity contribution in [2.24, 2.45) is 13.0 Å². The molecule has 1 aromatic heterocycles. The fourth-order valence-corrected chi connectivity index (χ4v) is 4.42. The fraction of sp³-hybridized carbons (Fsp3) is 0.391. The van der Waals surface area contributed by atoms with E-state index in [1.54, 1.807) is 30.4 Å². The Bertz CT molecular complexity index is 1140.